The summed E-state index contributed by atoms with van der Waals surface area (Å²) in [6.07, 6.45) is 1.17. The van der Waals surface area contributed by atoms with Gasteiger partial charge in [-0.1, -0.05) is 42.5 Å². The van der Waals surface area contributed by atoms with Crippen LogP contribution < -0.4 is 4.74 Å². The maximum Gasteiger partial charge on any atom is 0.343 e. The topological polar surface area (TPSA) is 90.5 Å². The van der Waals surface area contributed by atoms with Crippen LogP contribution in [0.15, 0.2) is 60.8 Å². The second kappa shape index (κ2) is 9.69. The van der Waals surface area contributed by atoms with Crippen molar-refractivity contribution < 1.29 is 14.5 Å². The van der Waals surface area contributed by atoms with Gasteiger partial charge in [0.1, 0.15) is 18.6 Å². The molecule has 0 unspecified atom stereocenters. The minimum absolute atomic E-state index is 0.117. The molecule has 1 heterocycles. The van der Waals surface area contributed by atoms with E-state index in [-0.39, 0.29) is 18.3 Å². The number of carbonyl (C=O) groups is 1. The Kier molecular flexibility index (Phi) is 6.79. The number of amides is 1. The highest BCUT2D eigenvalue weighted by atomic mass is 16.6. The summed E-state index contributed by atoms with van der Waals surface area (Å²) < 4.78 is 7.11. The molecule has 0 fully saturated rings. The monoisotopic (exact) mass is 408 g/mol. The van der Waals surface area contributed by atoms with Crippen molar-refractivity contribution in [2.45, 2.75) is 33.5 Å². The summed E-state index contributed by atoms with van der Waals surface area (Å²) in [6, 6.07) is 17.5. The second-order valence-corrected chi connectivity index (χ2v) is 6.83. The molecule has 0 bridgehead atoms. The molecule has 3 aromatic rings. The third-order valence-corrected chi connectivity index (χ3v) is 4.79. The van der Waals surface area contributed by atoms with Crippen molar-refractivity contribution in [1.82, 2.24) is 14.5 Å². The number of rotatable bonds is 9. The first kappa shape index (κ1) is 21.0. The zero-order valence-corrected chi connectivity index (χ0v) is 17.0. The highest BCUT2D eigenvalue weighted by Gasteiger charge is 2.23. The third kappa shape index (κ3) is 5.22. The fourth-order valence-electron chi connectivity index (χ4n) is 3.06. The van der Waals surface area contributed by atoms with Crippen molar-refractivity contribution in [3.63, 3.8) is 0 Å². The van der Waals surface area contributed by atoms with E-state index in [0.717, 1.165) is 16.9 Å². The summed E-state index contributed by atoms with van der Waals surface area (Å²) in [5, 5.41) is 11.1. The third-order valence-electron chi connectivity index (χ3n) is 4.79. The number of likely N-dealkylation sites (N-methyl/N-ethyl adjacent to an activating group) is 1. The fraction of sp³-hybridized carbons (Fsp3) is 0.273. The Hall–Kier alpha value is -3.68. The van der Waals surface area contributed by atoms with Gasteiger partial charge in [0.15, 0.2) is 12.4 Å². The van der Waals surface area contributed by atoms with E-state index in [1.807, 2.05) is 61.5 Å². The summed E-state index contributed by atoms with van der Waals surface area (Å²) in [6.45, 7) is 4.80. The molecule has 0 radical (unpaired) electrons. The molecule has 3 rings (SSSR count). The van der Waals surface area contributed by atoms with Gasteiger partial charge in [-0.2, -0.15) is 0 Å². The summed E-state index contributed by atoms with van der Waals surface area (Å²) in [5.41, 5.74) is 2.04. The number of aryl methyl sites for hydroxylation is 1. The van der Waals surface area contributed by atoms with E-state index in [0.29, 0.717) is 25.5 Å². The van der Waals surface area contributed by atoms with Crippen molar-refractivity contribution in [3.05, 3.63) is 87.9 Å². The summed E-state index contributed by atoms with van der Waals surface area (Å²) in [7, 11) is 0. The minimum Gasteiger partial charge on any atom is -0.489 e. The number of hydrogen-bond donors (Lipinski definition) is 0. The lowest BCUT2D eigenvalue weighted by atomic mass is 10.2. The second-order valence-electron chi connectivity index (χ2n) is 6.83. The van der Waals surface area contributed by atoms with Gasteiger partial charge < -0.3 is 19.8 Å². The first-order valence-corrected chi connectivity index (χ1v) is 9.68. The van der Waals surface area contributed by atoms with Gasteiger partial charge in [0.05, 0.1) is 0 Å². The van der Waals surface area contributed by atoms with Crippen LogP contribution in [0.2, 0.25) is 0 Å². The highest BCUT2D eigenvalue weighted by Crippen LogP contribution is 2.17. The molecule has 0 aliphatic rings. The van der Waals surface area contributed by atoms with Crippen LogP contribution >= 0.6 is 0 Å². The molecule has 0 N–H and O–H groups in total. The molecule has 0 spiro atoms. The normalized spacial score (nSPS) is 10.6. The van der Waals surface area contributed by atoms with Crippen LogP contribution in [0.5, 0.6) is 5.75 Å². The molecule has 0 saturated heterocycles. The first-order valence-electron chi connectivity index (χ1n) is 9.68. The van der Waals surface area contributed by atoms with Crippen LogP contribution in [0.1, 0.15) is 23.9 Å². The van der Waals surface area contributed by atoms with Crippen molar-refractivity contribution >= 4 is 11.7 Å². The molecule has 2 aromatic carbocycles. The minimum atomic E-state index is -0.530. The van der Waals surface area contributed by atoms with Crippen LogP contribution in [0.3, 0.4) is 0 Å². The van der Waals surface area contributed by atoms with Crippen molar-refractivity contribution in [2.75, 3.05) is 6.54 Å². The van der Waals surface area contributed by atoms with Crippen LogP contribution in [-0.2, 0) is 24.5 Å². The van der Waals surface area contributed by atoms with Gasteiger partial charge in [-0.25, -0.2) is 9.55 Å². The molecule has 0 aliphatic carbocycles. The lowest BCUT2D eigenvalue weighted by molar-refractivity contribution is -0.392. The highest BCUT2D eigenvalue weighted by molar-refractivity contribution is 5.76. The SMILES string of the molecule is CCN(Cc1ccc(OCc2ccccc2)cc1)C(=O)Cn1c([N+](=O)[O-])cnc1C. The Morgan fingerprint density at radius 2 is 1.83 bits per heavy atom. The van der Waals surface area contributed by atoms with Crippen LogP contribution in [0.25, 0.3) is 0 Å². The van der Waals surface area contributed by atoms with E-state index in [9.17, 15) is 14.9 Å². The molecule has 156 valence electrons. The molecule has 0 aliphatic heterocycles. The Balaban J connectivity index is 1.60. The average molecular weight is 408 g/mol. The fourth-order valence-corrected chi connectivity index (χ4v) is 3.06. The standard InChI is InChI=1S/C22H24N4O4/c1-3-24(22(27)15-25-17(2)23-13-21(25)26(28)29)14-18-9-11-20(12-10-18)30-16-19-7-5-4-6-8-19/h4-13H,3,14-16H2,1-2H3. The molecule has 1 amide bonds. The molecule has 1 aromatic heterocycles. The van der Waals surface area contributed by atoms with Gasteiger partial charge in [0.2, 0.25) is 0 Å². The van der Waals surface area contributed by atoms with Crippen molar-refractivity contribution in [1.29, 1.82) is 0 Å². The Morgan fingerprint density at radius 1 is 1.13 bits per heavy atom. The number of hydrogen-bond acceptors (Lipinski definition) is 5. The number of ether oxygens (including phenoxy) is 1. The number of carbonyl (C=O) groups excluding carboxylic acids is 1. The molecule has 0 atom stereocenters. The summed E-state index contributed by atoms with van der Waals surface area (Å²) >= 11 is 0. The summed E-state index contributed by atoms with van der Waals surface area (Å²) in [5.74, 6) is 0.801. The lowest BCUT2D eigenvalue weighted by Crippen LogP contribution is -2.33. The van der Waals surface area contributed by atoms with E-state index < -0.39 is 4.92 Å². The van der Waals surface area contributed by atoms with Gasteiger partial charge in [-0.15, -0.1) is 0 Å². The Bertz CT molecular complexity index is 1000. The predicted octanol–water partition coefficient (Wildman–Crippen LogP) is 3.73. The molecular formula is C22H24N4O4. The van der Waals surface area contributed by atoms with Crippen LogP contribution in [0.4, 0.5) is 5.82 Å². The lowest BCUT2D eigenvalue weighted by Gasteiger charge is -2.20. The van der Waals surface area contributed by atoms with E-state index >= 15 is 0 Å². The quantitative estimate of drug-likeness (QED) is 0.397. The smallest absolute Gasteiger partial charge is 0.343 e. The van der Waals surface area contributed by atoms with Gasteiger partial charge >= 0.3 is 5.82 Å². The molecule has 0 saturated carbocycles. The van der Waals surface area contributed by atoms with Crippen LogP contribution in [0, 0.1) is 17.0 Å². The van der Waals surface area contributed by atoms with Gasteiger partial charge in [0.25, 0.3) is 5.91 Å². The predicted molar refractivity (Wildman–Crippen MR) is 112 cm³/mol. The van der Waals surface area contributed by atoms with E-state index in [2.05, 4.69) is 4.98 Å². The molecular weight excluding hydrogens is 384 g/mol. The van der Waals surface area contributed by atoms with Crippen molar-refractivity contribution in [3.8, 4) is 5.75 Å². The van der Waals surface area contributed by atoms with Crippen LogP contribution in [-0.4, -0.2) is 31.8 Å². The van der Waals surface area contributed by atoms with Crippen molar-refractivity contribution in [2.24, 2.45) is 0 Å². The van der Waals surface area contributed by atoms with Gasteiger partial charge in [-0.05, 0) is 35.1 Å². The maximum atomic E-state index is 12.7. The maximum absolute atomic E-state index is 12.7. The number of imidazole rings is 1. The van der Waals surface area contributed by atoms with E-state index in [1.165, 1.54) is 10.8 Å². The average Bonchev–Trinajstić information content (AvgIpc) is 3.12. The largest absolute Gasteiger partial charge is 0.489 e. The zero-order chi connectivity index (χ0) is 21.5. The van der Waals surface area contributed by atoms with Gasteiger partial charge in [0, 0.05) is 20.0 Å². The zero-order valence-electron chi connectivity index (χ0n) is 17.0. The number of aromatic nitrogens is 2. The molecule has 8 heteroatoms. The summed E-state index contributed by atoms with van der Waals surface area (Å²) in [4.78, 5) is 28.9. The Labute approximate surface area is 174 Å². The van der Waals surface area contributed by atoms with E-state index in [4.69, 9.17) is 4.74 Å². The first-order chi connectivity index (χ1) is 14.5. The molecule has 30 heavy (non-hydrogen) atoms. The number of nitrogens with zero attached hydrogens (tertiary/aromatic N) is 4. The Morgan fingerprint density at radius 3 is 2.47 bits per heavy atom. The number of benzene rings is 2. The van der Waals surface area contributed by atoms with E-state index in [1.54, 1.807) is 11.8 Å². The molecule has 8 nitrogen and oxygen atoms in total. The number of nitro groups is 1. The van der Waals surface area contributed by atoms with Gasteiger partial charge in [-0.3, -0.25) is 4.79 Å².